The van der Waals surface area contributed by atoms with Gasteiger partial charge in [-0.2, -0.15) is 0 Å². The van der Waals surface area contributed by atoms with Crippen molar-refractivity contribution in [2.24, 2.45) is 22.7 Å². The molecule has 2 fully saturated rings. The van der Waals surface area contributed by atoms with Crippen LogP contribution >= 0.6 is 0 Å². The summed E-state index contributed by atoms with van der Waals surface area (Å²) in [5.41, 5.74) is 2.77. The van der Waals surface area contributed by atoms with Crippen LogP contribution in [-0.2, 0) is 23.7 Å². The molecule has 29 heavy (non-hydrogen) atoms. The van der Waals surface area contributed by atoms with E-state index in [1.54, 1.807) is 28.4 Å². The van der Waals surface area contributed by atoms with Crippen molar-refractivity contribution < 1.29 is 23.7 Å². The Morgan fingerprint density at radius 1 is 0.724 bits per heavy atom. The van der Waals surface area contributed by atoms with Gasteiger partial charge in [0, 0.05) is 26.1 Å². The lowest BCUT2D eigenvalue weighted by molar-refractivity contribution is -0.0905. The Bertz CT molecular complexity index is 528. The molecule has 2 aliphatic rings. The second-order valence-corrected chi connectivity index (χ2v) is 9.90. The molecule has 0 radical (unpaired) electrons. The van der Waals surface area contributed by atoms with Gasteiger partial charge in [0.05, 0.1) is 52.2 Å². The predicted octanol–water partition coefficient (Wildman–Crippen LogP) is 4.97. The Kier molecular flexibility index (Phi) is 8.62. The fourth-order valence-electron chi connectivity index (χ4n) is 5.34. The van der Waals surface area contributed by atoms with E-state index in [-0.39, 0.29) is 34.9 Å². The fraction of sp³-hybridized carbons (Fsp3) is 0.833. The highest BCUT2D eigenvalue weighted by Crippen LogP contribution is 2.45. The molecule has 0 saturated heterocycles. The average molecular weight is 411 g/mol. The SMILES string of the molecule is CO/C=C1\CCC(C)(C)[C@H](OC)[C@H]1COC[C@H]1/C(=C/OC)CCC(C)(C)[C@@H]1OC. The first kappa shape index (κ1) is 24.2. The van der Waals surface area contributed by atoms with Crippen molar-refractivity contribution >= 4 is 0 Å². The van der Waals surface area contributed by atoms with E-state index < -0.39 is 0 Å². The van der Waals surface area contributed by atoms with Crippen LogP contribution in [0.4, 0.5) is 0 Å². The molecule has 2 aliphatic carbocycles. The number of hydrogen-bond donors (Lipinski definition) is 0. The lowest BCUT2D eigenvalue weighted by Gasteiger charge is -2.45. The Morgan fingerprint density at radius 2 is 1.10 bits per heavy atom. The summed E-state index contributed by atoms with van der Waals surface area (Å²) in [7, 11) is 7.03. The molecule has 5 nitrogen and oxygen atoms in total. The summed E-state index contributed by atoms with van der Waals surface area (Å²) in [6, 6.07) is 0. The van der Waals surface area contributed by atoms with Crippen LogP contribution in [0.3, 0.4) is 0 Å². The van der Waals surface area contributed by atoms with Gasteiger partial charge in [-0.15, -0.1) is 0 Å². The third-order valence-electron chi connectivity index (χ3n) is 6.98. The molecule has 0 amide bonds. The molecular weight excluding hydrogens is 368 g/mol. The normalized spacial score (nSPS) is 34.3. The summed E-state index contributed by atoms with van der Waals surface area (Å²) in [6.45, 7) is 10.3. The van der Waals surface area contributed by atoms with Crippen LogP contribution in [0, 0.1) is 22.7 Å². The van der Waals surface area contributed by atoms with Gasteiger partial charge in [-0.3, -0.25) is 0 Å². The highest BCUT2D eigenvalue weighted by Gasteiger charge is 2.44. The summed E-state index contributed by atoms with van der Waals surface area (Å²) in [5, 5.41) is 0. The van der Waals surface area contributed by atoms with Gasteiger partial charge in [-0.1, -0.05) is 27.7 Å². The Morgan fingerprint density at radius 3 is 1.41 bits per heavy atom. The van der Waals surface area contributed by atoms with Crippen LogP contribution in [0.15, 0.2) is 23.7 Å². The Labute approximate surface area is 177 Å². The molecule has 0 aliphatic heterocycles. The molecule has 0 bridgehead atoms. The third kappa shape index (κ3) is 5.56. The quantitative estimate of drug-likeness (QED) is 0.529. The van der Waals surface area contributed by atoms with Crippen LogP contribution in [0.5, 0.6) is 0 Å². The van der Waals surface area contributed by atoms with Gasteiger partial charge in [0.2, 0.25) is 0 Å². The molecule has 0 aromatic heterocycles. The minimum absolute atomic E-state index is 0.104. The molecule has 4 atom stereocenters. The van der Waals surface area contributed by atoms with E-state index in [9.17, 15) is 0 Å². The van der Waals surface area contributed by atoms with Gasteiger partial charge in [0.15, 0.2) is 0 Å². The van der Waals surface area contributed by atoms with Gasteiger partial charge >= 0.3 is 0 Å². The van der Waals surface area contributed by atoms with Crippen LogP contribution in [0.25, 0.3) is 0 Å². The van der Waals surface area contributed by atoms with Crippen LogP contribution in [-0.4, -0.2) is 53.9 Å². The summed E-state index contributed by atoms with van der Waals surface area (Å²) in [6.07, 6.45) is 8.17. The smallest absolute Gasteiger partial charge is 0.0821 e. The van der Waals surface area contributed by atoms with E-state index in [1.165, 1.54) is 11.1 Å². The largest absolute Gasteiger partial charge is 0.504 e. The van der Waals surface area contributed by atoms with E-state index in [2.05, 4.69) is 27.7 Å². The molecule has 0 N–H and O–H groups in total. The number of methoxy groups -OCH3 is 4. The Hall–Kier alpha value is -1.04. The first-order valence-corrected chi connectivity index (χ1v) is 10.8. The van der Waals surface area contributed by atoms with Crippen LogP contribution in [0.1, 0.15) is 53.4 Å². The summed E-state index contributed by atoms with van der Waals surface area (Å²) >= 11 is 0. The van der Waals surface area contributed by atoms with Gasteiger partial charge in [-0.25, -0.2) is 0 Å². The fourth-order valence-corrected chi connectivity index (χ4v) is 5.34. The molecule has 0 aromatic rings. The number of ether oxygens (including phenoxy) is 5. The van der Waals surface area contributed by atoms with Crippen molar-refractivity contribution in [2.45, 2.75) is 65.6 Å². The van der Waals surface area contributed by atoms with E-state index in [1.807, 2.05) is 12.5 Å². The highest BCUT2D eigenvalue weighted by atomic mass is 16.5. The molecule has 2 rings (SSSR count). The molecule has 0 aromatic carbocycles. The number of rotatable bonds is 8. The second-order valence-electron chi connectivity index (χ2n) is 9.90. The molecule has 0 heterocycles. The lowest BCUT2D eigenvalue weighted by atomic mass is 9.67. The molecule has 2 saturated carbocycles. The maximum absolute atomic E-state index is 6.36. The van der Waals surface area contributed by atoms with Gasteiger partial charge in [-0.05, 0) is 47.7 Å². The lowest BCUT2D eigenvalue weighted by Crippen LogP contribution is -2.46. The minimum Gasteiger partial charge on any atom is -0.504 e. The summed E-state index contributed by atoms with van der Waals surface area (Å²) in [5.74, 6) is 0.382. The van der Waals surface area contributed by atoms with E-state index in [4.69, 9.17) is 23.7 Å². The van der Waals surface area contributed by atoms with Crippen molar-refractivity contribution in [1.82, 2.24) is 0 Å². The van der Waals surface area contributed by atoms with Crippen molar-refractivity contribution in [3.63, 3.8) is 0 Å². The summed E-state index contributed by atoms with van der Waals surface area (Å²) < 4.78 is 29.0. The zero-order chi connectivity index (χ0) is 21.7. The van der Waals surface area contributed by atoms with Gasteiger partial charge in [0.1, 0.15) is 0 Å². The molecule has 168 valence electrons. The van der Waals surface area contributed by atoms with Crippen LogP contribution < -0.4 is 0 Å². The van der Waals surface area contributed by atoms with E-state index in [0.29, 0.717) is 13.2 Å². The van der Waals surface area contributed by atoms with E-state index in [0.717, 1.165) is 25.7 Å². The maximum atomic E-state index is 6.36. The van der Waals surface area contributed by atoms with Gasteiger partial charge < -0.3 is 23.7 Å². The highest BCUT2D eigenvalue weighted by molar-refractivity contribution is 5.15. The van der Waals surface area contributed by atoms with Crippen molar-refractivity contribution in [1.29, 1.82) is 0 Å². The van der Waals surface area contributed by atoms with Crippen molar-refractivity contribution in [2.75, 3.05) is 41.7 Å². The van der Waals surface area contributed by atoms with Crippen LogP contribution in [0.2, 0.25) is 0 Å². The van der Waals surface area contributed by atoms with Crippen molar-refractivity contribution in [3.05, 3.63) is 23.7 Å². The van der Waals surface area contributed by atoms with Gasteiger partial charge in [0.25, 0.3) is 0 Å². The van der Waals surface area contributed by atoms with Crippen molar-refractivity contribution in [3.8, 4) is 0 Å². The second kappa shape index (κ2) is 10.3. The zero-order valence-electron chi connectivity index (χ0n) is 19.7. The Balaban J connectivity index is 2.14. The third-order valence-corrected chi connectivity index (χ3v) is 6.98. The standard InChI is InChI=1S/C24H42O5/c1-23(2)11-9-17(13-25-5)19(21(23)27-7)15-29-16-20-18(14-26-6)10-12-24(3,4)22(20)28-8/h13-14,19-22H,9-12,15-16H2,1-8H3/b17-13+,18-14+/t19-,20-,21+,22+/m0/s1. The topological polar surface area (TPSA) is 46.2 Å². The van der Waals surface area contributed by atoms with E-state index >= 15 is 0 Å². The maximum Gasteiger partial charge on any atom is 0.0821 e. The first-order chi connectivity index (χ1) is 13.7. The average Bonchev–Trinajstić information content (AvgIpc) is 2.65. The monoisotopic (exact) mass is 410 g/mol. The predicted molar refractivity (Wildman–Crippen MR) is 116 cm³/mol. The molecule has 5 heteroatoms. The minimum atomic E-state index is 0.104. The zero-order valence-corrected chi connectivity index (χ0v) is 19.7. The molecule has 0 spiro atoms. The summed E-state index contributed by atoms with van der Waals surface area (Å²) in [4.78, 5) is 0. The molecule has 0 unspecified atom stereocenters. The number of hydrogen-bond acceptors (Lipinski definition) is 5. The molecular formula is C24H42O5. The first-order valence-electron chi connectivity index (χ1n) is 10.8.